The molecule has 0 unspecified atom stereocenters. The van der Waals surface area contributed by atoms with Crippen LogP contribution in [0.5, 0.6) is 0 Å². The summed E-state index contributed by atoms with van der Waals surface area (Å²) >= 11 is 6.00. The predicted molar refractivity (Wildman–Crippen MR) is 79.5 cm³/mol. The number of carbonyl (C=O) groups is 1. The molecule has 108 valence electrons. The fourth-order valence-electron chi connectivity index (χ4n) is 1.78. The second kappa shape index (κ2) is 5.80. The zero-order valence-corrected chi connectivity index (χ0v) is 11.7. The van der Waals surface area contributed by atoms with Crippen molar-refractivity contribution in [2.45, 2.75) is 6.92 Å². The Hall–Kier alpha value is -2.60. The number of aryl methyl sites for hydroxylation is 1. The SMILES string of the molecule is Cc1ccc(Nc2ccc(C(=O)O)c([N+](=O)[O-])c2)cc1Cl. The van der Waals surface area contributed by atoms with Gasteiger partial charge in [-0.2, -0.15) is 0 Å². The van der Waals surface area contributed by atoms with Crippen LogP contribution in [0.2, 0.25) is 5.02 Å². The van der Waals surface area contributed by atoms with Gasteiger partial charge in [0.1, 0.15) is 5.56 Å². The molecule has 0 aliphatic carbocycles. The van der Waals surface area contributed by atoms with E-state index in [9.17, 15) is 14.9 Å². The summed E-state index contributed by atoms with van der Waals surface area (Å²) in [4.78, 5) is 21.1. The number of nitro benzene ring substituents is 1. The number of nitrogens with zero attached hydrogens (tertiary/aromatic N) is 1. The third-order valence-corrected chi connectivity index (χ3v) is 3.29. The van der Waals surface area contributed by atoms with E-state index in [1.54, 1.807) is 12.1 Å². The second-order valence-electron chi connectivity index (χ2n) is 4.38. The van der Waals surface area contributed by atoms with Crippen LogP contribution in [0.15, 0.2) is 36.4 Å². The van der Waals surface area contributed by atoms with Crippen molar-refractivity contribution in [3.63, 3.8) is 0 Å². The van der Waals surface area contributed by atoms with Crippen molar-refractivity contribution in [1.82, 2.24) is 0 Å². The van der Waals surface area contributed by atoms with E-state index in [1.807, 2.05) is 13.0 Å². The van der Waals surface area contributed by atoms with Gasteiger partial charge in [0, 0.05) is 22.5 Å². The van der Waals surface area contributed by atoms with E-state index in [2.05, 4.69) is 5.32 Å². The number of carboxylic acid groups (broad SMARTS) is 1. The molecule has 0 saturated heterocycles. The van der Waals surface area contributed by atoms with Gasteiger partial charge in [-0.15, -0.1) is 0 Å². The average Bonchev–Trinajstić information content (AvgIpc) is 2.42. The molecule has 0 amide bonds. The van der Waals surface area contributed by atoms with E-state index in [-0.39, 0.29) is 5.56 Å². The molecule has 7 heteroatoms. The third-order valence-electron chi connectivity index (χ3n) is 2.89. The van der Waals surface area contributed by atoms with Gasteiger partial charge in [-0.3, -0.25) is 10.1 Å². The Labute approximate surface area is 125 Å². The van der Waals surface area contributed by atoms with E-state index >= 15 is 0 Å². The zero-order chi connectivity index (χ0) is 15.6. The Bertz CT molecular complexity index is 731. The maximum atomic E-state index is 10.9. The molecule has 2 aromatic rings. The zero-order valence-electron chi connectivity index (χ0n) is 11.0. The molecule has 2 rings (SSSR count). The minimum Gasteiger partial charge on any atom is -0.477 e. The fourth-order valence-corrected chi connectivity index (χ4v) is 1.96. The molecule has 0 aliphatic rings. The normalized spacial score (nSPS) is 10.2. The highest BCUT2D eigenvalue weighted by Gasteiger charge is 2.20. The van der Waals surface area contributed by atoms with Crippen LogP contribution in [0.1, 0.15) is 15.9 Å². The molecule has 0 bridgehead atoms. The van der Waals surface area contributed by atoms with E-state index in [0.29, 0.717) is 16.4 Å². The molecule has 0 aliphatic heterocycles. The summed E-state index contributed by atoms with van der Waals surface area (Å²) < 4.78 is 0. The van der Waals surface area contributed by atoms with Gasteiger partial charge in [0.15, 0.2) is 0 Å². The number of halogens is 1. The van der Waals surface area contributed by atoms with Crippen molar-refractivity contribution in [3.05, 3.63) is 62.7 Å². The topological polar surface area (TPSA) is 92.5 Å². The van der Waals surface area contributed by atoms with Crippen LogP contribution >= 0.6 is 11.6 Å². The smallest absolute Gasteiger partial charge is 0.342 e. The molecule has 2 N–H and O–H groups in total. The summed E-state index contributed by atoms with van der Waals surface area (Å²) in [6, 6.07) is 9.11. The van der Waals surface area contributed by atoms with Crippen molar-refractivity contribution in [3.8, 4) is 0 Å². The molecular formula is C14H11ClN2O4. The number of anilines is 2. The highest BCUT2D eigenvalue weighted by Crippen LogP contribution is 2.27. The van der Waals surface area contributed by atoms with Gasteiger partial charge in [0.05, 0.1) is 4.92 Å². The Kier molecular flexibility index (Phi) is 4.09. The molecule has 0 heterocycles. The maximum Gasteiger partial charge on any atom is 0.342 e. The highest BCUT2D eigenvalue weighted by atomic mass is 35.5. The number of hydrogen-bond acceptors (Lipinski definition) is 4. The fraction of sp³-hybridized carbons (Fsp3) is 0.0714. The standard InChI is InChI=1S/C14H11ClN2O4/c1-8-2-3-9(6-12(8)15)16-10-4-5-11(14(18)19)13(7-10)17(20)21/h2-7,16H,1H3,(H,18,19). The molecule has 0 fully saturated rings. The van der Waals surface area contributed by atoms with Gasteiger partial charge >= 0.3 is 5.97 Å². The van der Waals surface area contributed by atoms with Crippen molar-refractivity contribution >= 4 is 34.6 Å². The number of nitrogens with one attached hydrogen (secondary N) is 1. The largest absolute Gasteiger partial charge is 0.477 e. The van der Waals surface area contributed by atoms with Crippen LogP contribution in [-0.4, -0.2) is 16.0 Å². The van der Waals surface area contributed by atoms with Crippen LogP contribution in [0, 0.1) is 17.0 Å². The monoisotopic (exact) mass is 306 g/mol. The quantitative estimate of drug-likeness (QED) is 0.658. The lowest BCUT2D eigenvalue weighted by Gasteiger charge is -2.08. The van der Waals surface area contributed by atoms with Crippen molar-refractivity contribution in [2.24, 2.45) is 0 Å². The van der Waals surface area contributed by atoms with E-state index in [1.165, 1.54) is 18.2 Å². The molecule has 6 nitrogen and oxygen atoms in total. The van der Waals surface area contributed by atoms with Gasteiger partial charge in [-0.25, -0.2) is 4.79 Å². The first-order valence-electron chi connectivity index (χ1n) is 5.93. The number of hydrogen-bond donors (Lipinski definition) is 2. The summed E-state index contributed by atoms with van der Waals surface area (Å²) in [5, 5.41) is 23.4. The van der Waals surface area contributed by atoms with Gasteiger partial charge in [0.2, 0.25) is 0 Å². The first kappa shape index (κ1) is 14.8. The predicted octanol–water partition coefficient (Wildman–Crippen LogP) is 4.00. The molecule has 21 heavy (non-hydrogen) atoms. The molecule has 0 saturated carbocycles. The van der Waals surface area contributed by atoms with Crippen LogP contribution in [0.3, 0.4) is 0 Å². The number of nitro groups is 1. The molecule has 0 spiro atoms. The van der Waals surface area contributed by atoms with Crippen LogP contribution in [-0.2, 0) is 0 Å². The van der Waals surface area contributed by atoms with Crippen molar-refractivity contribution in [2.75, 3.05) is 5.32 Å². The van der Waals surface area contributed by atoms with Gasteiger partial charge in [-0.1, -0.05) is 17.7 Å². The van der Waals surface area contributed by atoms with Crippen LogP contribution in [0.4, 0.5) is 17.1 Å². The maximum absolute atomic E-state index is 10.9. The Morgan fingerprint density at radius 1 is 1.24 bits per heavy atom. The van der Waals surface area contributed by atoms with Gasteiger partial charge < -0.3 is 10.4 Å². The Balaban J connectivity index is 2.36. The highest BCUT2D eigenvalue weighted by molar-refractivity contribution is 6.31. The van der Waals surface area contributed by atoms with Gasteiger partial charge in [-0.05, 0) is 36.8 Å². The summed E-state index contributed by atoms with van der Waals surface area (Å²) in [7, 11) is 0. The second-order valence-corrected chi connectivity index (χ2v) is 4.79. The minimum absolute atomic E-state index is 0.354. The summed E-state index contributed by atoms with van der Waals surface area (Å²) in [6.45, 7) is 1.86. The minimum atomic E-state index is -1.34. The Morgan fingerprint density at radius 2 is 1.86 bits per heavy atom. The van der Waals surface area contributed by atoms with Gasteiger partial charge in [0.25, 0.3) is 5.69 Å². The molecule has 0 radical (unpaired) electrons. The molecule has 0 atom stereocenters. The van der Waals surface area contributed by atoms with E-state index in [4.69, 9.17) is 16.7 Å². The third kappa shape index (κ3) is 3.29. The van der Waals surface area contributed by atoms with Crippen molar-refractivity contribution < 1.29 is 14.8 Å². The lowest BCUT2D eigenvalue weighted by Crippen LogP contribution is -2.03. The Morgan fingerprint density at radius 3 is 2.43 bits per heavy atom. The number of benzene rings is 2. The lowest BCUT2D eigenvalue weighted by atomic mass is 10.1. The van der Waals surface area contributed by atoms with Crippen LogP contribution in [0.25, 0.3) is 0 Å². The summed E-state index contributed by atoms with van der Waals surface area (Å²) in [5.74, 6) is -1.34. The first-order chi connectivity index (χ1) is 9.88. The van der Waals surface area contributed by atoms with E-state index in [0.717, 1.165) is 5.56 Å². The van der Waals surface area contributed by atoms with E-state index < -0.39 is 16.6 Å². The lowest BCUT2D eigenvalue weighted by molar-refractivity contribution is -0.385. The number of rotatable bonds is 4. The molecule has 2 aromatic carbocycles. The van der Waals surface area contributed by atoms with Crippen LogP contribution < -0.4 is 5.32 Å². The molecule has 0 aromatic heterocycles. The summed E-state index contributed by atoms with van der Waals surface area (Å²) in [5.41, 5.74) is 1.15. The first-order valence-corrected chi connectivity index (χ1v) is 6.31. The number of aromatic carboxylic acids is 1. The molecular weight excluding hydrogens is 296 g/mol. The average molecular weight is 307 g/mol. The summed E-state index contributed by atoms with van der Waals surface area (Å²) in [6.07, 6.45) is 0. The number of carboxylic acids is 1. The van der Waals surface area contributed by atoms with Crippen molar-refractivity contribution in [1.29, 1.82) is 0 Å².